The minimum atomic E-state index is -0.179. The van der Waals surface area contributed by atoms with Gasteiger partial charge in [0.05, 0.1) is 22.8 Å². The summed E-state index contributed by atoms with van der Waals surface area (Å²) < 4.78 is 16.3. The number of aromatic nitrogens is 4. The third kappa shape index (κ3) is 8.83. The Kier molecular flexibility index (Phi) is 9.97. The predicted molar refractivity (Wildman–Crippen MR) is 168 cm³/mol. The second-order valence-corrected chi connectivity index (χ2v) is 11.3. The third-order valence-electron chi connectivity index (χ3n) is 7.27. The molecule has 7 heteroatoms. The van der Waals surface area contributed by atoms with Crippen LogP contribution in [0.4, 0.5) is 4.39 Å². The molecule has 0 aliphatic heterocycles. The Bertz CT molecular complexity index is 1460. The van der Waals surface area contributed by atoms with Crippen LogP contribution in [0, 0.1) is 33.5 Å². The summed E-state index contributed by atoms with van der Waals surface area (Å²) in [5.74, 6) is -0.179. The quantitative estimate of drug-likeness (QED) is 0.159. The smallest absolute Gasteiger partial charge is 0.132 e. The van der Waals surface area contributed by atoms with E-state index in [1.54, 1.807) is 0 Å². The average molecular weight is 575 g/mol. The maximum absolute atomic E-state index is 16.3. The molecule has 0 N–H and O–H groups in total. The lowest BCUT2D eigenvalue weighted by molar-refractivity contribution is 0.231. The Labute approximate surface area is 254 Å². The zero-order chi connectivity index (χ0) is 30.2. The van der Waals surface area contributed by atoms with Crippen molar-refractivity contribution in [1.29, 1.82) is 0 Å². The summed E-state index contributed by atoms with van der Waals surface area (Å²) in [7, 11) is 0. The van der Waals surface area contributed by atoms with E-state index in [0.717, 1.165) is 45.6 Å². The van der Waals surface area contributed by atoms with Gasteiger partial charge >= 0.3 is 0 Å². The van der Waals surface area contributed by atoms with E-state index in [1.807, 2.05) is 119 Å². The molecule has 0 atom stereocenters. The van der Waals surface area contributed by atoms with Gasteiger partial charge in [0.15, 0.2) is 0 Å². The van der Waals surface area contributed by atoms with Gasteiger partial charge in [0, 0.05) is 73.2 Å². The SMILES string of the molecule is Cc1cccc(CN(Cc2cccc(C)n2)Cc2cccc(CN(Cc3cccc(C)n3)Cc3cccc(C)n3)c2F)n1. The molecular weight excluding hydrogens is 535 g/mol. The van der Waals surface area contributed by atoms with Crippen LogP contribution in [-0.2, 0) is 39.3 Å². The molecule has 5 rings (SSSR count). The average Bonchev–Trinajstić information content (AvgIpc) is 2.95. The fraction of sp³-hybridized carbons (Fsp3) is 0.278. The first kappa shape index (κ1) is 30.1. The van der Waals surface area contributed by atoms with Gasteiger partial charge in [0.25, 0.3) is 0 Å². The molecule has 0 spiro atoms. The number of pyridine rings is 4. The summed E-state index contributed by atoms with van der Waals surface area (Å²) in [4.78, 5) is 23.3. The van der Waals surface area contributed by atoms with Crippen LogP contribution in [0.2, 0.25) is 0 Å². The molecule has 0 saturated heterocycles. The zero-order valence-electron chi connectivity index (χ0n) is 25.5. The molecule has 0 saturated carbocycles. The van der Waals surface area contributed by atoms with Crippen LogP contribution in [0.1, 0.15) is 56.7 Å². The Morgan fingerprint density at radius 1 is 0.419 bits per heavy atom. The minimum Gasteiger partial charge on any atom is -0.287 e. The van der Waals surface area contributed by atoms with Gasteiger partial charge in [-0.05, 0) is 76.2 Å². The number of halogens is 1. The Balaban J connectivity index is 1.40. The van der Waals surface area contributed by atoms with E-state index in [4.69, 9.17) is 19.9 Å². The lowest BCUT2D eigenvalue weighted by Gasteiger charge is -2.25. The normalized spacial score (nSPS) is 11.4. The van der Waals surface area contributed by atoms with Crippen molar-refractivity contribution in [2.75, 3.05) is 0 Å². The van der Waals surface area contributed by atoms with Crippen LogP contribution < -0.4 is 0 Å². The maximum atomic E-state index is 16.3. The van der Waals surface area contributed by atoms with Crippen LogP contribution in [0.15, 0.2) is 91.0 Å². The van der Waals surface area contributed by atoms with Crippen LogP contribution in [0.25, 0.3) is 0 Å². The fourth-order valence-corrected chi connectivity index (χ4v) is 5.36. The van der Waals surface area contributed by atoms with Crippen molar-refractivity contribution in [1.82, 2.24) is 29.7 Å². The summed E-state index contributed by atoms with van der Waals surface area (Å²) in [6, 6.07) is 29.8. The Morgan fingerprint density at radius 3 is 0.977 bits per heavy atom. The lowest BCUT2D eigenvalue weighted by atomic mass is 10.1. The summed E-state index contributed by atoms with van der Waals surface area (Å²) >= 11 is 0. The molecule has 0 amide bonds. The topological polar surface area (TPSA) is 58.0 Å². The van der Waals surface area contributed by atoms with E-state index in [9.17, 15) is 0 Å². The molecule has 0 aliphatic carbocycles. The van der Waals surface area contributed by atoms with E-state index in [0.29, 0.717) is 50.4 Å². The molecule has 0 aliphatic rings. The second-order valence-electron chi connectivity index (χ2n) is 11.3. The Morgan fingerprint density at radius 2 is 0.698 bits per heavy atom. The molecule has 4 aromatic heterocycles. The van der Waals surface area contributed by atoms with Gasteiger partial charge in [0.1, 0.15) is 5.82 Å². The number of hydrogen-bond acceptors (Lipinski definition) is 6. The summed E-state index contributed by atoms with van der Waals surface area (Å²) in [6.45, 7) is 11.2. The minimum absolute atomic E-state index is 0.179. The standard InChI is InChI=1S/C36H39FN6/c1-26-10-5-16-32(38-26)22-42(23-33-17-6-11-27(2)39-33)20-30-14-9-15-31(36(30)37)21-43(24-34-18-7-12-28(3)40-34)25-35-19-8-13-29(4)41-35/h5-19H,20-25H2,1-4H3. The van der Waals surface area contributed by atoms with Crippen molar-refractivity contribution < 1.29 is 4.39 Å². The molecule has 43 heavy (non-hydrogen) atoms. The second kappa shape index (κ2) is 14.2. The van der Waals surface area contributed by atoms with Crippen molar-refractivity contribution in [2.24, 2.45) is 0 Å². The van der Waals surface area contributed by atoms with Gasteiger partial charge < -0.3 is 0 Å². The van der Waals surface area contributed by atoms with Gasteiger partial charge in [0.2, 0.25) is 0 Å². The molecule has 5 aromatic rings. The van der Waals surface area contributed by atoms with Gasteiger partial charge in [-0.2, -0.15) is 0 Å². The number of hydrogen-bond donors (Lipinski definition) is 0. The van der Waals surface area contributed by atoms with Crippen LogP contribution in [0.5, 0.6) is 0 Å². The molecule has 1 aromatic carbocycles. The van der Waals surface area contributed by atoms with Gasteiger partial charge in [-0.1, -0.05) is 42.5 Å². The van der Waals surface area contributed by atoms with Crippen molar-refractivity contribution >= 4 is 0 Å². The zero-order valence-corrected chi connectivity index (χ0v) is 25.5. The van der Waals surface area contributed by atoms with Gasteiger partial charge in [-0.25, -0.2) is 4.39 Å². The number of aryl methyl sites for hydroxylation is 4. The summed E-state index contributed by atoms with van der Waals surface area (Å²) in [5, 5.41) is 0. The molecule has 6 nitrogen and oxygen atoms in total. The predicted octanol–water partition coefficient (Wildman–Crippen LogP) is 7.04. The van der Waals surface area contributed by atoms with Crippen molar-refractivity contribution in [3.05, 3.63) is 153 Å². The summed E-state index contributed by atoms with van der Waals surface area (Å²) in [5.41, 5.74) is 8.96. The molecule has 4 heterocycles. The molecule has 220 valence electrons. The fourth-order valence-electron chi connectivity index (χ4n) is 5.36. The van der Waals surface area contributed by atoms with Crippen molar-refractivity contribution in [2.45, 2.75) is 67.0 Å². The molecular formula is C36H39FN6. The van der Waals surface area contributed by atoms with E-state index < -0.39 is 0 Å². The molecule has 0 radical (unpaired) electrons. The van der Waals surface area contributed by atoms with Gasteiger partial charge in [-0.3, -0.25) is 29.7 Å². The first-order valence-electron chi connectivity index (χ1n) is 14.7. The maximum Gasteiger partial charge on any atom is 0.132 e. The van der Waals surface area contributed by atoms with Gasteiger partial charge in [-0.15, -0.1) is 0 Å². The van der Waals surface area contributed by atoms with E-state index in [-0.39, 0.29) is 5.82 Å². The van der Waals surface area contributed by atoms with Crippen molar-refractivity contribution in [3.63, 3.8) is 0 Å². The highest BCUT2D eigenvalue weighted by atomic mass is 19.1. The molecule has 0 bridgehead atoms. The first-order chi connectivity index (χ1) is 20.8. The number of nitrogens with zero attached hydrogens (tertiary/aromatic N) is 6. The lowest BCUT2D eigenvalue weighted by Crippen LogP contribution is -2.26. The number of rotatable bonds is 12. The van der Waals surface area contributed by atoms with E-state index in [1.165, 1.54) is 0 Å². The monoisotopic (exact) mass is 574 g/mol. The third-order valence-corrected chi connectivity index (χ3v) is 7.27. The van der Waals surface area contributed by atoms with Crippen LogP contribution >= 0.6 is 0 Å². The number of benzene rings is 1. The largest absolute Gasteiger partial charge is 0.287 e. The van der Waals surface area contributed by atoms with Crippen molar-refractivity contribution in [3.8, 4) is 0 Å². The van der Waals surface area contributed by atoms with Crippen LogP contribution in [0.3, 0.4) is 0 Å². The van der Waals surface area contributed by atoms with E-state index >= 15 is 4.39 Å². The molecule has 0 fully saturated rings. The molecule has 0 unspecified atom stereocenters. The highest BCUT2D eigenvalue weighted by Gasteiger charge is 2.18. The summed E-state index contributed by atoms with van der Waals surface area (Å²) in [6.07, 6.45) is 0. The van der Waals surface area contributed by atoms with Crippen LogP contribution in [-0.4, -0.2) is 29.7 Å². The first-order valence-corrected chi connectivity index (χ1v) is 14.7. The Hall–Kier alpha value is -4.33. The van der Waals surface area contributed by atoms with E-state index in [2.05, 4.69) is 9.80 Å². The highest BCUT2D eigenvalue weighted by Crippen LogP contribution is 2.21. The highest BCUT2D eigenvalue weighted by molar-refractivity contribution is 5.27.